The van der Waals surface area contributed by atoms with Crippen molar-refractivity contribution in [3.05, 3.63) is 27.7 Å². The second kappa shape index (κ2) is 5.61. The number of hydrogen-bond donors (Lipinski definition) is 0. The van der Waals surface area contributed by atoms with Gasteiger partial charge in [-0.15, -0.1) is 16.4 Å². The summed E-state index contributed by atoms with van der Waals surface area (Å²) < 4.78 is 13.2. The molecule has 1 fully saturated rings. The Bertz CT molecular complexity index is 741. The first-order valence-electron chi connectivity index (χ1n) is 7.61. The van der Waals surface area contributed by atoms with Crippen LogP contribution in [0.1, 0.15) is 32.7 Å². The number of nitrogens with zero attached hydrogens (tertiary/aromatic N) is 4. The Morgan fingerprint density at radius 1 is 1.52 bits per heavy atom. The first-order valence-corrected chi connectivity index (χ1v) is 8.43. The van der Waals surface area contributed by atoms with Crippen molar-refractivity contribution in [2.45, 2.75) is 32.1 Å². The largest absolute Gasteiger partial charge is 0.495 e. The van der Waals surface area contributed by atoms with Crippen molar-refractivity contribution in [3.8, 4) is 5.75 Å². The van der Waals surface area contributed by atoms with Crippen LogP contribution in [0.4, 0.5) is 0 Å². The van der Waals surface area contributed by atoms with Crippen molar-refractivity contribution in [1.29, 1.82) is 0 Å². The van der Waals surface area contributed by atoms with Crippen molar-refractivity contribution in [3.63, 3.8) is 0 Å². The van der Waals surface area contributed by atoms with Gasteiger partial charge in [-0.2, -0.15) is 0 Å². The van der Waals surface area contributed by atoms with E-state index in [2.05, 4.69) is 10.3 Å². The van der Waals surface area contributed by atoms with Crippen LogP contribution in [-0.4, -0.2) is 52.1 Å². The fourth-order valence-electron chi connectivity index (χ4n) is 3.31. The molecule has 23 heavy (non-hydrogen) atoms. The van der Waals surface area contributed by atoms with E-state index < -0.39 is 0 Å². The minimum absolute atomic E-state index is 0.0198. The summed E-state index contributed by atoms with van der Waals surface area (Å²) in [7, 11) is 1.60. The molecule has 1 saturated heterocycles. The van der Waals surface area contributed by atoms with Gasteiger partial charge in [0.05, 0.1) is 37.8 Å². The average molecular weight is 334 g/mol. The fourth-order valence-corrected chi connectivity index (χ4v) is 4.25. The van der Waals surface area contributed by atoms with E-state index in [1.165, 1.54) is 11.3 Å². The summed E-state index contributed by atoms with van der Waals surface area (Å²) in [5.41, 5.74) is 1.00. The lowest BCUT2D eigenvalue weighted by Crippen LogP contribution is -2.50. The molecular formula is C15H18N4O3S. The van der Waals surface area contributed by atoms with Gasteiger partial charge in [-0.1, -0.05) is 5.21 Å². The van der Waals surface area contributed by atoms with E-state index in [-0.39, 0.29) is 18.1 Å². The number of hydrogen-bond acceptors (Lipinski definition) is 6. The number of methoxy groups -OCH3 is 1. The zero-order valence-corrected chi connectivity index (χ0v) is 13.9. The van der Waals surface area contributed by atoms with Crippen LogP contribution in [-0.2, 0) is 11.3 Å². The van der Waals surface area contributed by atoms with E-state index in [4.69, 9.17) is 9.47 Å². The number of aromatic nitrogens is 3. The molecule has 2 aromatic heterocycles. The Balaban J connectivity index is 1.54. The lowest BCUT2D eigenvalue weighted by molar-refractivity contribution is -0.0627. The number of rotatable bonds is 2. The van der Waals surface area contributed by atoms with Gasteiger partial charge in [0.25, 0.3) is 5.91 Å². The van der Waals surface area contributed by atoms with E-state index in [0.717, 1.165) is 17.0 Å². The van der Waals surface area contributed by atoms with Crippen LogP contribution in [0.3, 0.4) is 0 Å². The maximum absolute atomic E-state index is 12.8. The SMILES string of the molecule is COc1cc(C)sc1C(=O)N1CC[C@H]2[C@H](C1)OCc1cnnn12. The van der Waals surface area contributed by atoms with E-state index in [0.29, 0.717) is 30.3 Å². The molecule has 0 N–H and O–H groups in total. The highest BCUT2D eigenvalue weighted by atomic mass is 32.1. The molecule has 0 radical (unpaired) electrons. The minimum Gasteiger partial charge on any atom is -0.495 e. The van der Waals surface area contributed by atoms with Crippen LogP contribution in [0.2, 0.25) is 0 Å². The predicted molar refractivity (Wildman–Crippen MR) is 83.8 cm³/mol. The second-order valence-corrected chi connectivity index (χ2v) is 7.14. The highest BCUT2D eigenvalue weighted by Gasteiger charge is 2.38. The van der Waals surface area contributed by atoms with Crippen molar-refractivity contribution >= 4 is 17.2 Å². The highest BCUT2D eigenvalue weighted by molar-refractivity contribution is 7.14. The number of carbonyl (C=O) groups excluding carboxylic acids is 1. The van der Waals surface area contributed by atoms with Gasteiger partial charge in [0, 0.05) is 18.0 Å². The first-order chi connectivity index (χ1) is 11.2. The maximum atomic E-state index is 12.8. The number of aryl methyl sites for hydroxylation is 1. The zero-order valence-electron chi connectivity index (χ0n) is 13.1. The summed E-state index contributed by atoms with van der Waals surface area (Å²) in [4.78, 5) is 16.4. The molecule has 0 bridgehead atoms. The van der Waals surface area contributed by atoms with E-state index >= 15 is 0 Å². The summed E-state index contributed by atoms with van der Waals surface area (Å²) in [5.74, 6) is 0.675. The highest BCUT2D eigenvalue weighted by Crippen LogP contribution is 2.34. The predicted octanol–water partition coefficient (Wildman–Crippen LogP) is 1.64. The van der Waals surface area contributed by atoms with E-state index in [1.54, 1.807) is 13.3 Å². The summed E-state index contributed by atoms with van der Waals surface area (Å²) in [6.45, 7) is 3.73. The zero-order chi connectivity index (χ0) is 16.0. The fraction of sp³-hybridized carbons (Fsp3) is 0.533. The van der Waals surface area contributed by atoms with Crippen LogP contribution < -0.4 is 4.74 Å². The number of fused-ring (bicyclic) bond motifs is 3. The van der Waals surface area contributed by atoms with Gasteiger partial charge in [0.2, 0.25) is 0 Å². The minimum atomic E-state index is -0.0334. The number of likely N-dealkylation sites (tertiary alicyclic amines) is 1. The Morgan fingerprint density at radius 2 is 2.39 bits per heavy atom. The van der Waals surface area contributed by atoms with Crippen LogP contribution in [0.25, 0.3) is 0 Å². The summed E-state index contributed by atoms with van der Waals surface area (Å²) in [5, 5.41) is 8.12. The Hall–Kier alpha value is -1.93. The standard InChI is InChI=1S/C15H18N4O3S/c1-9-5-12(21-2)14(23-9)15(20)18-4-3-11-13(7-18)22-8-10-6-16-17-19(10)11/h5-6,11,13H,3-4,7-8H2,1-2H3/t11-,13-/m0/s1. The molecule has 2 aliphatic heterocycles. The van der Waals surface area contributed by atoms with Crippen molar-refractivity contribution in [2.24, 2.45) is 0 Å². The average Bonchev–Trinajstić information content (AvgIpc) is 3.19. The van der Waals surface area contributed by atoms with Gasteiger partial charge in [0.1, 0.15) is 10.6 Å². The van der Waals surface area contributed by atoms with Gasteiger partial charge < -0.3 is 14.4 Å². The van der Waals surface area contributed by atoms with Gasteiger partial charge >= 0.3 is 0 Å². The van der Waals surface area contributed by atoms with Crippen LogP contribution >= 0.6 is 11.3 Å². The Morgan fingerprint density at radius 3 is 3.22 bits per heavy atom. The Kier molecular flexibility index (Phi) is 3.57. The molecule has 0 saturated carbocycles. The number of ether oxygens (including phenoxy) is 2. The summed E-state index contributed by atoms with van der Waals surface area (Å²) in [6.07, 6.45) is 2.53. The second-order valence-electron chi connectivity index (χ2n) is 5.88. The number of thiophene rings is 1. The molecule has 0 aromatic carbocycles. The number of amides is 1. The van der Waals surface area contributed by atoms with E-state index in [1.807, 2.05) is 22.6 Å². The lowest BCUT2D eigenvalue weighted by Gasteiger charge is -2.40. The molecule has 0 unspecified atom stereocenters. The van der Waals surface area contributed by atoms with Crippen molar-refractivity contribution in [2.75, 3.05) is 20.2 Å². The third-order valence-corrected chi connectivity index (χ3v) is 5.48. The molecule has 2 aliphatic rings. The molecule has 4 heterocycles. The quantitative estimate of drug-likeness (QED) is 0.835. The summed E-state index contributed by atoms with van der Waals surface area (Å²) >= 11 is 1.48. The van der Waals surface area contributed by atoms with Crippen LogP contribution in [0, 0.1) is 6.92 Å². The molecule has 7 nitrogen and oxygen atoms in total. The maximum Gasteiger partial charge on any atom is 0.267 e. The van der Waals surface area contributed by atoms with Gasteiger partial charge in [-0.25, -0.2) is 4.68 Å². The number of carbonyl (C=O) groups is 1. The monoisotopic (exact) mass is 334 g/mol. The molecular weight excluding hydrogens is 316 g/mol. The summed E-state index contributed by atoms with van der Waals surface area (Å²) in [6, 6.07) is 2.07. The van der Waals surface area contributed by atoms with E-state index in [9.17, 15) is 4.79 Å². The topological polar surface area (TPSA) is 69.5 Å². The van der Waals surface area contributed by atoms with Gasteiger partial charge in [0.15, 0.2) is 0 Å². The van der Waals surface area contributed by atoms with Crippen molar-refractivity contribution in [1.82, 2.24) is 19.9 Å². The lowest BCUT2D eigenvalue weighted by atomic mass is 10.00. The van der Waals surface area contributed by atoms with Gasteiger partial charge in [-0.3, -0.25) is 4.79 Å². The van der Waals surface area contributed by atoms with Crippen LogP contribution in [0.15, 0.2) is 12.3 Å². The molecule has 4 rings (SSSR count). The first kappa shape index (κ1) is 14.6. The molecule has 122 valence electrons. The normalized spacial score (nSPS) is 23.3. The number of piperidine rings is 1. The third-order valence-electron chi connectivity index (χ3n) is 4.46. The smallest absolute Gasteiger partial charge is 0.267 e. The van der Waals surface area contributed by atoms with Crippen LogP contribution in [0.5, 0.6) is 5.75 Å². The van der Waals surface area contributed by atoms with Gasteiger partial charge in [-0.05, 0) is 19.4 Å². The molecule has 1 amide bonds. The molecule has 0 spiro atoms. The molecule has 8 heteroatoms. The molecule has 2 atom stereocenters. The third kappa shape index (κ3) is 2.42. The van der Waals surface area contributed by atoms with Crippen molar-refractivity contribution < 1.29 is 14.3 Å². The molecule has 0 aliphatic carbocycles. The Labute approximate surface area is 137 Å². The molecule has 2 aromatic rings.